The molecule has 0 radical (unpaired) electrons. The van der Waals surface area contributed by atoms with Gasteiger partial charge in [-0.15, -0.1) is 0 Å². The Morgan fingerprint density at radius 1 is 1.33 bits per heavy atom. The average molecular weight is 285 g/mol. The minimum Gasteiger partial charge on any atom is -0.437 e. The van der Waals surface area contributed by atoms with Crippen LogP contribution >= 0.6 is 23.2 Å². The summed E-state index contributed by atoms with van der Waals surface area (Å²) < 4.78 is 5.60. The average Bonchev–Trinajstić information content (AvgIpc) is 2.37. The van der Waals surface area contributed by atoms with Crippen molar-refractivity contribution >= 4 is 29.2 Å². The van der Waals surface area contributed by atoms with E-state index in [1.165, 1.54) is 0 Å². The Kier molecular flexibility index (Phi) is 3.86. The van der Waals surface area contributed by atoms with Crippen molar-refractivity contribution in [1.29, 1.82) is 0 Å². The van der Waals surface area contributed by atoms with Crippen LogP contribution < -0.4 is 16.0 Å². The second kappa shape index (κ2) is 5.39. The van der Waals surface area contributed by atoms with Gasteiger partial charge in [-0.3, -0.25) is 5.43 Å². The van der Waals surface area contributed by atoms with Gasteiger partial charge in [0.05, 0.1) is 5.02 Å². The van der Waals surface area contributed by atoms with Crippen LogP contribution in [0.4, 0.5) is 5.95 Å². The van der Waals surface area contributed by atoms with Crippen LogP contribution in [0.3, 0.4) is 0 Å². The highest BCUT2D eigenvalue weighted by Gasteiger charge is 2.10. The molecule has 5 nitrogen and oxygen atoms in total. The molecule has 0 amide bonds. The monoisotopic (exact) mass is 284 g/mol. The molecule has 0 atom stereocenters. The van der Waals surface area contributed by atoms with E-state index in [-0.39, 0.29) is 5.95 Å². The molecule has 0 fully saturated rings. The molecular weight excluding hydrogens is 275 g/mol. The Morgan fingerprint density at radius 2 is 2.11 bits per heavy atom. The van der Waals surface area contributed by atoms with Crippen molar-refractivity contribution in [3.63, 3.8) is 0 Å². The summed E-state index contributed by atoms with van der Waals surface area (Å²) >= 11 is 11.9. The molecule has 94 valence electrons. The quantitative estimate of drug-likeness (QED) is 0.669. The summed E-state index contributed by atoms with van der Waals surface area (Å²) in [6.07, 6.45) is 1.59. The molecule has 0 aliphatic heterocycles. The zero-order chi connectivity index (χ0) is 13.1. The van der Waals surface area contributed by atoms with E-state index in [0.29, 0.717) is 21.7 Å². The number of rotatable bonds is 3. The zero-order valence-electron chi connectivity index (χ0n) is 9.45. The predicted molar refractivity (Wildman–Crippen MR) is 71.1 cm³/mol. The minimum atomic E-state index is 0.258. The number of nitrogens with two attached hydrogens (primary N) is 1. The molecule has 1 heterocycles. The number of hydrogen-bond donors (Lipinski definition) is 2. The number of aromatic nitrogens is 2. The van der Waals surface area contributed by atoms with E-state index in [4.69, 9.17) is 33.8 Å². The Morgan fingerprint density at radius 3 is 2.83 bits per heavy atom. The normalized spacial score (nSPS) is 10.2. The van der Waals surface area contributed by atoms with Crippen molar-refractivity contribution in [3.8, 4) is 11.6 Å². The molecule has 2 aromatic rings. The molecule has 7 heteroatoms. The lowest BCUT2D eigenvalue weighted by Crippen LogP contribution is -2.11. The van der Waals surface area contributed by atoms with Crippen LogP contribution in [-0.4, -0.2) is 9.97 Å². The van der Waals surface area contributed by atoms with Crippen LogP contribution in [-0.2, 0) is 0 Å². The number of benzene rings is 1. The Bertz CT molecular complexity index is 577. The maximum Gasteiger partial charge on any atom is 0.240 e. The van der Waals surface area contributed by atoms with E-state index < -0.39 is 0 Å². The van der Waals surface area contributed by atoms with Gasteiger partial charge in [-0.25, -0.2) is 10.8 Å². The van der Waals surface area contributed by atoms with Crippen molar-refractivity contribution in [1.82, 2.24) is 9.97 Å². The number of nitrogen functional groups attached to an aromatic ring is 1. The van der Waals surface area contributed by atoms with Gasteiger partial charge in [0.2, 0.25) is 11.8 Å². The number of halogens is 2. The minimum absolute atomic E-state index is 0.258. The van der Waals surface area contributed by atoms with Gasteiger partial charge in [0.1, 0.15) is 10.8 Å². The van der Waals surface area contributed by atoms with Crippen LogP contribution in [0.15, 0.2) is 24.4 Å². The third kappa shape index (κ3) is 2.64. The second-order valence-corrected chi connectivity index (χ2v) is 4.27. The zero-order valence-corrected chi connectivity index (χ0v) is 11.0. The standard InChI is InChI=1S/C11H10Cl2N4O/c1-6-5-15-11(17-14)16-10(6)18-8-4-2-3-7(12)9(8)13/h2-5H,14H2,1H3,(H,15,16,17). The first-order valence-corrected chi connectivity index (χ1v) is 5.79. The molecule has 0 saturated heterocycles. The Balaban J connectivity index is 2.36. The number of nitrogens with one attached hydrogen (secondary N) is 1. The van der Waals surface area contributed by atoms with Gasteiger partial charge < -0.3 is 4.74 Å². The second-order valence-electron chi connectivity index (χ2n) is 3.48. The van der Waals surface area contributed by atoms with Crippen molar-refractivity contribution in [3.05, 3.63) is 40.0 Å². The molecule has 1 aromatic heterocycles. The third-order valence-corrected chi connectivity index (χ3v) is 2.98. The topological polar surface area (TPSA) is 73.1 Å². The van der Waals surface area contributed by atoms with Crippen LogP contribution in [0.5, 0.6) is 11.6 Å². The molecule has 18 heavy (non-hydrogen) atoms. The number of anilines is 1. The smallest absolute Gasteiger partial charge is 0.240 e. The molecule has 3 N–H and O–H groups in total. The van der Waals surface area contributed by atoms with Crippen molar-refractivity contribution in [2.45, 2.75) is 6.92 Å². The predicted octanol–water partition coefficient (Wildman–Crippen LogP) is 3.17. The molecule has 0 saturated carbocycles. The molecule has 0 bridgehead atoms. The van der Waals surface area contributed by atoms with E-state index in [2.05, 4.69) is 15.4 Å². The highest BCUT2D eigenvalue weighted by Crippen LogP contribution is 2.34. The first-order chi connectivity index (χ1) is 8.61. The van der Waals surface area contributed by atoms with E-state index in [1.807, 2.05) is 6.92 Å². The number of aryl methyl sites for hydroxylation is 1. The first kappa shape index (κ1) is 12.9. The highest BCUT2D eigenvalue weighted by molar-refractivity contribution is 6.42. The van der Waals surface area contributed by atoms with Crippen molar-refractivity contribution in [2.24, 2.45) is 5.84 Å². The first-order valence-electron chi connectivity index (χ1n) is 5.04. The fourth-order valence-corrected chi connectivity index (χ4v) is 1.60. The summed E-state index contributed by atoms with van der Waals surface area (Å²) in [4.78, 5) is 8.04. The Labute approximate surface area is 114 Å². The summed E-state index contributed by atoms with van der Waals surface area (Å²) in [7, 11) is 0. The van der Waals surface area contributed by atoms with Gasteiger partial charge in [0.15, 0.2) is 0 Å². The van der Waals surface area contributed by atoms with Gasteiger partial charge in [-0.1, -0.05) is 29.3 Å². The molecule has 0 spiro atoms. The molecule has 1 aromatic carbocycles. The number of nitrogens with zero attached hydrogens (tertiary/aromatic N) is 2. The molecule has 0 aliphatic carbocycles. The number of hydrazine groups is 1. The van der Waals surface area contributed by atoms with Crippen molar-refractivity contribution in [2.75, 3.05) is 5.43 Å². The van der Waals surface area contributed by atoms with Crippen LogP contribution in [0.2, 0.25) is 10.0 Å². The highest BCUT2D eigenvalue weighted by atomic mass is 35.5. The van der Waals surface area contributed by atoms with Crippen LogP contribution in [0.1, 0.15) is 5.56 Å². The number of hydrogen-bond acceptors (Lipinski definition) is 5. The maximum absolute atomic E-state index is 6.03. The van der Waals surface area contributed by atoms with Gasteiger partial charge in [0, 0.05) is 11.8 Å². The van der Waals surface area contributed by atoms with Gasteiger partial charge in [0.25, 0.3) is 0 Å². The van der Waals surface area contributed by atoms with Gasteiger partial charge in [-0.2, -0.15) is 4.98 Å². The van der Waals surface area contributed by atoms with E-state index >= 15 is 0 Å². The van der Waals surface area contributed by atoms with E-state index in [0.717, 1.165) is 5.56 Å². The molecule has 0 unspecified atom stereocenters. The van der Waals surface area contributed by atoms with Gasteiger partial charge in [-0.05, 0) is 19.1 Å². The SMILES string of the molecule is Cc1cnc(NN)nc1Oc1cccc(Cl)c1Cl. The summed E-state index contributed by atoms with van der Waals surface area (Å²) in [6, 6.07) is 5.12. The van der Waals surface area contributed by atoms with Gasteiger partial charge >= 0.3 is 0 Å². The fourth-order valence-electron chi connectivity index (χ4n) is 1.27. The lowest BCUT2D eigenvalue weighted by Gasteiger charge is -2.10. The summed E-state index contributed by atoms with van der Waals surface area (Å²) in [5.41, 5.74) is 3.10. The maximum atomic E-state index is 6.03. The van der Waals surface area contributed by atoms with Crippen LogP contribution in [0, 0.1) is 6.92 Å². The summed E-state index contributed by atoms with van der Waals surface area (Å²) in [5, 5.41) is 0.748. The molecule has 0 aliphatic rings. The van der Waals surface area contributed by atoms with E-state index in [1.54, 1.807) is 24.4 Å². The molecule has 2 rings (SSSR count). The third-order valence-electron chi connectivity index (χ3n) is 2.18. The van der Waals surface area contributed by atoms with Crippen molar-refractivity contribution < 1.29 is 4.74 Å². The number of ether oxygens (including phenoxy) is 1. The lowest BCUT2D eigenvalue weighted by atomic mass is 10.3. The fraction of sp³-hybridized carbons (Fsp3) is 0.0909. The lowest BCUT2D eigenvalue weighted by molar-refractivity contribution is 0.458. The largest absolute Gasteiger partial charge is 0.437 e. The molecular formula is C11H10Cl2N4O. The summed E-state index contributed by atoms with van der Waals surface area (Å²) in [5.74, 6) is 6.28. The Hall–Kier alpha value is -1.56. The van der Waals surface area contributed by atoms with Crippen LogP contribution in [0.25, 0.3) is 0 Å². The summed E-state index contributed by atoms with van der Waals surface area (Å²) in [6.45, 7) is 1.81. The van der Waals surface area contributed by atoms with E-state index in [9.17, 15) is 0 Å².